The number of aryl methyl sites for hydroxylation is 1. The first-order chi connectivity index (χ1) is 13.1. The fourth-order valence-electron chi connectivity index (χ4n) is 2.95. The molecule has 0 aliphatic rings. The number of para-hydroxylation sites is 1. The van der Waals surface area contributed by atoms with Gasteiger partial charge in [-0.3, -0.25) is 0 Å². The van der Waals surface area contributed by atoms with Gasteiger partial charge in [-0.1, -0.05) is 32.0 Å². The zero-order chi connectivity index (χ0) is 19.2. The number of rotatable bonds is 7. The van der Waals surface area contributed by atoms with Crippen molar-refractivity contribution in [2.24, 2.45) is 5.92 Å². The molecule has 27 heavy (non-hydrogen) atoms. The van der Waals surface area contributed by atoms with Gasteiger partial charge in [-0.25, -0.2) is 9.48 Å². The van der Waals surface area contributed by atoms with E-state index in [1.807, 2.05) is 71.0 Å². The first kappa shape index (κ1) is 18.8. The molecule has 142 valence electrons. The van der Waals surface area contributed by atoms with E-state index in [9.17, 15) is 4.79 Å². The number of carbonyl (C=O) groups is 1. The molecule has 2 N–H and O–H groups in total. The third kappa shape index (κ3) is 4.58. The molecule has 0 radical (unpaired) electrons. The van der Waals surface area contributed by atoms with Crippen molar-refractivity contribution in [1.82, 2.24) is 25.0 Å². The number of carbonyl (C=O) groups excluding carboxylic acids is 1. The molecule has 0 unspecified atom stereocenters. The maximum absolute atomic E-state index is 12.1. The average molecular weight is 365 g/mol. The smallest absolute Gasteiger partial charge is 0.315 e. The second-order valence-corrected chi connectivity index (χ2v) is 7.02. The first-order valence-corrected chi connectivity index (χ1v) is 9.35. The standard InChI is InChI=1S/C21H27N5O/c1-16(2)11-12-22-21(27)23-15-19-17(3)24-26(18-9-5-4-6-10-18)20(19)25-13-7-8-14-25/h4-10,13-14,16H,11-12,15H2,1-3H3,(H2,22,23,27). The molecule has 0 bridgehead atoms. The van der Waals surface area contributed by atoms with E-state index in [0.717, 1.165) is 29.2 Å². The number of urea groups is 1. The van der Waals surface area contributed by atoms with Crippen LogP contribution in [0.4, 0.5) is 4.79 Å². The maximum Gasteiger partial charge on any atom is 0.315 e. The summed E-state index contributed by atoms with van der Waals surface area (Å²) in [5.74, 6) is 1.50. The largest absolute Gasteiger partial charge is 0.338 e. The molecule has 2 aromatic heterocycles. The number of hydrogen-bond donors (Lipinski definition) is 2. The van der Waals surface area contributed by atoms with Crippen molar-refractivity contribution in [1.29, 1.82) is 0 Å². The summed E-state index contributed by atoms with van der Waals surface area (Å²) >= 11 is 0. The summed E-state index contributed by atoms with van der Waals surface area (Å²) in [7, 11) is 0. The van der Waals surface area contributed by atoms with E-state index in [4.69, 9.17) is 5.10 Å². The molecular formula is C21H27N5O. The van der Waals surface area contributed by atoms with Gasteiger partial charge in [0.2, 0.25) is 0 Å². The minimum absolute atomic E-state index is 0.152. The highest BCUT2D eigenvalue weighted by Gasteiger charge is 2.18. The van der Waals surface area contributed by atoms with E-state index in [0.29, 0.717) is 19.0 Å². The zero-order valence-electron chi connectivity index (χ0n) is 16.1. The lowest BCUT2D eigenvalue weighted by atomic mass is 10.1. The zero-order valence-corrected chi connectivity index (χ0v) is 16.1. The minimum atomic E-state index is -0.152. The normalized spacial score (nSPS) is 11.0. The van der Waals surface area contributed by atoms with Gasteiger partial charge in [0, 0.05) is 24.5 Å². The van der Waals surface area contributed by atoms with Crippen LogP contribution in [0.25, 0.3) is 11.5 Å². The van der Waals surface area contributed by atoms with Crippen LogP contribution in [0.3, 0.4) is 0 Å². The summed E-state index contributed by atoms with van der Waals surface area (Å²) in [6, 6.07) is 13.8. The summed E-state index contributed by atoms with van der Waals surface area (Å²) in [5, 5.41) is 10.6. The van der Waals surface area contributed by atoms with E-state index in [1.165, 1.54) is 0 Å². The molecule has 0 saturated carbocycles. The second kappa shape index (κ2) is 8.58. The van der Waals surface area contributed by atoms with Gasteiger partial charge in [0.1, 0.15) is 5.82 Å². The molecule has 6 nitrogen and oxygen atoms in total. The van der Waals surface area contributed by atoms with Gasteiger partial charge >= 0.3 is 6.03 Å². The van der Waals surface area contributed by atoms with Crippen LogP contribution < -0.4 is 10.6 Å². The SMILES string of the molecule is Cc1nn(-c2ccccc2)c(-n2cccc2)c1CNC(=O)NCCC(C)C. The monoisotopic (exact) mass is 365 g/mol. The Morgan fingerprint density at radius 1 is 1.07 bits per heavy atom. The van der Waals surface area contributed by atoms with Crippen LogP contribution in [0.2, 0.25) is 0 Å². The van der Waals surface area contributed by atoms with Crippen molar-refractivity contribution >= 4 is 6.03 Å². The van der Waals surface area contributed by atoms with Gasteiger partial charge in [-0.15, -0.1) is 0 Å². The van der Waals surface area contributed by atoms with Crippen molar-refractivity contribution in [2.75, 3.05) is 6.54 Å². The highest BCUT2D eigenvalue weighted by atomic mass is 16.2. The number of nitrogens with one attached hydrogen (secondary N) is 2. The molecule has 3 aromatic rings. The summed E-state index contributed by atoms with van der Waals surface area (Å²) in [5.41, 5.74) is 2.87. The third-order valence-corrected chi connectivity index (χ3v) is 4.44. The van der Waals surface area contributed by atoms with Crippen LogP contribution in [0, 0.1) is 12.8 Å². The predicted molar refractivity (Wildman–Crippen MR) is 107 cm³/mol. The van der Waals surface area contributed by atoms with Crippen LogP contribution in [-0.4, -0.2) is 26.9 Å². The molecule has 6 heteroatoms. The Bertz CT molecular complexity index is 866. The van der Waals surface area contributed by atoms with Crippen molar-refractivity contribution in [3.63, 3.8) is 0 Å². The molecule has 3 rings (SSSR count). The summed E-state index contributed by atoms with van der Waals surface area (Å²) < 4.78 is 3.95. The van der Waals surface area contributed by atoms with Gasteiger partial charge < -0.3 is 15.2 Å². The van der Waals surface area contributed by atoms with Crippen LogP contribution in [0.5, 0.6) is 0 Å². The maximum atomic E-state index is 12.1. The van der Waals surface area contributed by atoms with Crippen molar-refractivity contribution in [3.05, 3.63) is 66.1 Å². The lowest BCUT2D eigenvalue weighted by Gasteiger charge is -2.12. The Morgan fingerprint density at radius 2 is 1.78 bits per heavy atom. The lowest BCUT2D eigenvalue weighted by molar-refractivity contribution is 0.240. The summed E-state index contributed by atoms with van der Waals surface area (Å²) in [6.07, 6.45) is 4.94. The number of amides is 2. The van der Waals surface area contributed by atoms with Crippen LogP contribution in [0.1, 0.15) is 31.5 Å². The van der Waals surface area contributed by atoms with E-state index in [-0.39, 0.29) is 6.03 Å². The molecule has 0 aliphatic heterocycles. The Morgan fingerprint density at radius 3 is 2.44 bits per heavy atom. The van der Waals surface area contributed by atoms with E-state index < -0.39 is 0 Å². The minimum Gasteiger partial charge on any atom is -0.338 e. The van der Waals surface area contributed by atoms with Crippen molar-refractivity contribution in [2.45, 2.75) is 33.7 Å². The van der Waals surface area contributed by atoms with Gasteiger partial charge in [-0.2, -0.15) is 5.10 Å². The molecule has 0 spiro atoms. The Balaban J connectivity index is 1.83. The second-order valence-electron chi connectivity index (χ2n) is 7.02. The molecule has 2 heterocycles. The molecule has 2 amide bonds. The molecule has 0 fully saturated rings. The van der Waals surface area contributed by atoms with Crippen LogP contribution in [-0.2, 0) is 6.54 Å². The summed E-state index contributed by atoms with van der Waals surface area (Å²) in [6.45, 7) is 7.35. The Kier molecular flexibility index (Phi) is 5.96. The number of benzene rings is 1. The highest BCUT2D eigenvalue weighted by molar-refractivity contribution is 5.74. The van der Waals surface area contributed by atoms with Gasteiger partial charge in [0.05, 0.1) is 17.9 Å². The van der Waals surface area contributed by atoms with E-state index in [1.54, 1.807) is 0 Å². The van der Waals surface area contributed by atoms with Gasteiger partial charge in [0.25, 0.3) is 0 Å². The van der Waals surface area contributed by atoms with Gasteiger partial charge in [-0.05, 0) is 43.5 Å². The van der Waals surface area contributed by atoms with Crippen LogP contribution in [0.15, 0.2) is 54.9 Å². The van der Waals surface area contributed by atoms with Crippen LogP contribution >= 0.6 is 0 Å². The van der Waals surface area contributed by atoms with E-state index in [2.05, 4.69) is 24.5 Å². The molecule has 0 atom stereocenters. The Labute approximate surface area is 160 Å². The highest BCUT2D eigenvalue weighted by Crippen LogP contribution is 2.22. The Hall–Kier alpha value is -3.02. The number of aromatic nitrogens is 3. The lowest BCUT2D eigenvalue weighted by Crippen LogP contribution is -2.36. The van der Waals surface area contributed by atoms with Crippen molar-refractivity contribution < 1.29 is 4.79 Å². The summed E-state index contributed by atoms with van der Waals surface area (Å²) in [4.78, 5) is 12.1. The topological polar surface area (TPSA) is 63.9 Å². The molecular weight excluding hydrogens is 338 g/mol. The first-order valence-electron chi connectivity index (χ1n) is 9.35. The third-order valence-electron chi connectivity index (χ3n) is 4.44. The quantitative estimate of drug-likeness (QED) is 0.669. The number of hydrogen-bond acceptors (Lipinski definition) is 2. The van der Waals surface area contributed by atoms with Crippen molar-refractivity contribution in [3.8, 4) is 11.5 Å². The molecule has 0 aliphatic carbocycles. The number of nitrogens with zero attached hydrogens (tertiary/aromatic N) is 3. The van der Waals surface area contributed by atoms with E-state index >= 15 is 0 Å². The average Bonchev–Trinajstić information content (AvgIpc) is 3.28. The fourth-order valence-corrected chi connectivity index (χ4v) is 2.95. The molecule has 1 aromatic carbocycles. The fraction of sp³-hybridized carbons (Fsp3) is 0.333. The molecule has 0 saturated heterocycles. The van der Waals surface area contributed by atoms with Gasteiger partial charge in [0.15, 0.2) is 0 Å². The predicted octanol–water partition coefficient (Wildman–Crippen LogP) is 3.82.